The van der Waals surface area contributed by atoms with Crippen LogP contribution in [0.2, 0.25) is 0 Å². The largest absolute Gasteiger partial charge is 0.392 e. The Morgan fingerprint density at radius 1 is 0.900 bits per heavy atom. The van der Waals surface area contributed by atoms with Crippen LogP contribution in [-0.4, -0.2) is 21.2 Å². The molecule has 2 heterocycles. The molecular weight excluding hydrogens is 248 g/mol. The van der Waals surface area contributed by atoms with Crippen LogP contribution in [0.15, 0.2) is 60.9 Å². The van der Waals surface area contributed by atoms with Gasteiger partial charge in [-0.1, -0.05) is 24.3 Å². The van der Waals surface area contributed by atoms with Crippen LogP contribution in [0, 0.1) is 0 Å². The molecule has 3 rings (SSSR count). The van der Waals surface area contributed by atoms with Gasteiger partial charge in [-0.15, -0.1) is 0 Å². The number of aromatic nitrogens is 2. The fraction of sp³-hybridized carbons (Fsp3) is 0.176. The molecule has 1 N–H and O–H groups in total. The van der Waals surface area contributed by atoms with E-state index in [1.54, 1.807) is 12.4 Å². The van der Waals surface area contributed by atoms with Crippen LogP contribution >= 0.6 is 0 Å². The van der Waals surface area contributed by atoms with Crippen molar-refractivity contribution in [2.24, 2.45) is 0 Å². The number of fused-ring (bicyclic) bond motifs is 1. The van der Waals surface area contributed by atoms with Crippen molar-refractivity contribution in [3.05, 3.63) is 72.2 Å². The molecule has 3 nitrogen and oxygen atoms in total. The van der Waals surface area contributed by atoms with Crippen molar-refractivity contribution in [3.8, 4) is 0 Å². The zero-order valence-electron chi connectivity index (χ0n) is 11.1. The molecule has 0 aliphatic rings. The normalized spacial score (nSPS) is 12.4. The first kappa shape index (κ1) is 12.8. The summed E-state index contributed by atoms with van der Waals surface area (Å²) in [5.41, 5.74) is 2.99. The zero-order valence-corrected chi connectivity index (χ0v) is 11.1. The quantitative estimate of drug-likeness (QED) is 0.788. The molecule has 1 aromatic carbocycles. The van der Waals surface area contributed by atoms with Gasteiger partial charge in [-0.2, -0.15) is 0 Å². The molecule has 0 aliphatic carbocycles. The molecule has 0 aliphatic heterocycles. The van der Waals surface area contributed by atoms with Gasteiger partial charge in [0.15, 0.2) is 0 Å². The SMILES string of the molecule is OC(Cc1ccncc1)Cc1ccc2ccccc2n1. The molecular formula is C17H16N2O. The average molecular weight is 264 g/mol. The lowest BCUT2D eigenvalue weighted by Crippen LogP contribution is -2.14. The van der Waals surface area contributed by atoms with Crippen LogP contribution in [0.3, 0.4) is 0 Å². The number of aliphatic hydroxyl groups excluding tert-OH is 1. The van der Waals surface area contributed by atoms with Crippen molar-refractivity contribution in [2.45, 2.75) is 18.9 Å². The van der Waals surface area contributed by atoms with Crippen LogP contribution in [0.1, 0.15) is 11.3 Å². The molecule has 0 saturated carbocycles. The van der Waals surface area contributed by atoms with Crippen molar-refractivity contribution >= 4 is 10.9 Å². The average Bonchev–Trinajstić information content (AvgIpc) is 2.48. The molecule has 3 aromatic rings. The number of nitrogens with zero attached hydrogens (tertiary/aromatic N) is 2. The Kier molecular flexibility index (Phi) is 3.70. The summed E-state index contributed by atoms with van der Waals surface area (Å²) in [5.74, 6) is 0. The smallest absolute Gasteiger partial charge is 0.0705 e. The van der Waals surface area contributed by atoms with E-state index in [1.807, 2.05) is 42.5 Å². The van der Waals surface area contributed by atoms with Crippen molar-refractivity contribution in [3.63, 3.8) is 0 Å². The summed E-state index contributed by atoms with van der Waals surface area (Å²) in [5, 5.41) is 11.3. The van der Waals surface area contributed by atoms with E-state index in [2.05, 4.69) is 16.0 Å². The number of aliphatic hydroxyl groups is 1. The summed E-state index contributed by atoms with van der Waals surface area (Å²) < 4.78 is 0. The maximum absolute atomic E-state index is 10.2. The lowest BCUT2D eigenvalue weighted by Gasteiger charge is -2.10. The summed E-state index contributed by atoms with van der Waals surface area (Å²) in [6.45, 7) is 0. The van der Waals surface area contributed by atoms with Gasteiger partial charge >= 0.3 is 0 Å². The Hall–Kier alpha value is -2.26. The first-order valence-electron chi connectivity index (χ1n) is 6.73. The minimum atomic E-state index is -0.425. The molecule has 1 atom stereocenters. The second kappa shape index (κ2) is 5.80. The summed E-state index contributed by atoms with van der Waals surface area (Å²) in [6, 6.07) is 15.9. The van der Waals surface area contributed by atoms with Gasteiger partial charge in [0.25, 0.3) is 0 Å². The number of hydrogen-bond acceptors (Lipinski definition) is 3. The predicted octanol–water partition coefficient (Wildman–Crippen LogP) is 2.78. The minimum Gasteiger partial charge on any atom is -0.392 e. The van der Waals surface area contributed by atoms with Gasteiger partial charge in [0, 0.05) is 29.9 Å². The van der Waals surface area contributed by atoms with Crippen molar-refractivity contribution in [1.29, 1.82) is 0 Å². The van der Waals surface area contributed by atoms with Crippen LogP contribution in [0.25, 0.3) is 10.9 Å². The highest BCUT2D eigenvalue weighted by atomic mass is 16.3. The third-order valence-electron chi connectivity index (χ3n) is 3.32. The van der Waals surface area contributed by atoms with Gasteiger partial charge < -0.3 is 5.11 Å². The number of benzene rings is 1. The Morgan fingerprint density at radius 2 is 1.70 bits per heavy atom. The minimum absolute atomic E-state index is 0.425. The third kappa shape index (κ3) is 3.00. The molecule has 20 heavy (non-hydrogen) atoms. The van der Waals surface area contributed by atoms with Crippen LogP contribution in [0.5, 0.6) is 0 Å². The van der Waals surface area contributed by atoms with Gasteiger partial charge in [0.05, 0.1) is 11.6 Å². The summed E-state index contributed by atoms with van der Waals surface area (Å²) in [6.07, 6.45) is 4.25. The topological polar surface area (TPSA) is 46.0 Å². The molecule has 100 valence electrons. The lowest BCUT2D eigenvalue weighted by atomic mass is 10.0. The van der Waals surface area contributed by atoms with E-state index in [9.17, 15) is 5.11 Å². The molecule has 0 amide bonds. The molecule has 0 radical (unpaired) electrons. The number of pyridine rings is 2. The summed E-state index contributed by atoms with van der Waals surface area (Å²) in [7, 11) is 0. The van der Waals surface area contributed by atoms with Crippen LogP contribution in [0.4, 0.5) is 0 Å². The number of rotatable bonds is 4. The van der Waals surface area contributed by atoms with E-state index >= 15 is 0 Å². The van der Waals surface area contributed by atoms with Gasteiger partial charge in [-0.05, 0) is 36.2 Å². The fourth-order valence-electron chi connectivity index (χ4n) is 2.33. The van der Waals surface area contributed by atoms with Gasteiger partial charge in [-0.25, -0.2) is 0 Å². The van der Waals surface area contributed by atoms with Crippen LogP contribution < -0.4 is 0 Å². The van der Waals surface area contributed by atoms with Gasteiger partial charge in [0.2, 0.25) is 0 Å². The van der Waals surface area contributed by atoms with E-state index in [-0.39, 0.29) is 0 Å². The number of para-hydroxylation sites is 1. The maximum Gasteiger partial charge on any atom is 0.0705 e. The highest BCUT2D eigenvalue weighted by Gasteiger charge is 2.08. The fourth-order valence-corrected chi connectivity index (χ4v) is 2.33. The molecule has 2 aromatic heterocycles. The third-order valence-corrected chi connectivity index (χ3v) is 3.32. The summed E-state index contributed by atoms with van der Waals surface area (Å²) >= 11 is 0. The number of hydrogen-bond donors (Lipinski definition) is 1. The monoisotopic (exact) mass is 264 g/mol. The Bertz CT molecular complexity index is 697. The van der Waals surface area contributed by atoms with Crippen molar-refractivity contribution < 1.29 is 5.11 Å². The van der Waals surface area contributed by atoms with E-state index in [0.717, 1.165) is 22.2 Å². The highest BCUT2D eigenvalue weighted by Crippen LogP contribution is 2.14. The van der Waals surface area contributed by atoms with Crippen molar-refractivity contribution in [2.75, 3.05) is 0 Å². The molecule has 1 unspecified atom stereocenters. The molecule has 3 heteroatoms. The Balaban J connectivity index is 1.72. The first-order chi connectivity index (χ1) is 9.81. The highest BCUT2D eigenvalue weighted by molar-refractivity contribution is 5.78. The maximum atomic E-state index is 10.2. The Labute approximate surface area is 117 Å². The van der Waals surface area contributed by atoms with Crippen LogP contribution in [-0.2, 0) is 12.8 Å². The van der Waals surface area contributed by atoms with Crippen molar-refractivity contribution in [1.82, 2.24) is 9.97 Å². The van der Waals surface area contributed by atoms with E-state index in [1.165, 1.54) is 0 Å². The van der Waals surface area contributed by atoms with Gasteiger partial charge in [0.1, 0.15) is 0 Å². The molecule has 0 bridgehead atoms. The summed E-state index contributed by atoms with van der Waals surface area (Å²) in [4.78, 5) is 8.56. The first-order valence-corrected chi connectivity index (χ1v) is 6.73. The molecule has 0 fully saturated rings. The standard InChI is InChI=1S/C17H16N2O/c20-16(11-13-7-9-18-10-8-13)12-15-6-5-14-3-1-2-4-17(14)19-15/h1-10,16,20H,11-12H2. The zero-order chi connectivity index (χ0) is 13.8. The Morgan fingerprint density at radius 3 is 2.55 bits per heavy atom. The second-order valence-electron chi connectivity index (χ2n) is 4.91. The second-order valence-corrected chi connectivity index (χ2v) is 4.91. The molecule has 0 saturated heterocycles. The molecule has 0 spiro atoms. The van der Waals surface area contributed by atoms with Gasteiger partial charge in [-0.3, -0.25) is 9.97 Å². The lowest BCUT2D eigenvalue weighted by molar-refractivity contribution is 0.174. The predicted molar refractivity (Wildman–Crippen MR) is 79.4 cm³/mol. The van der Waals surface area contributed by atoms with E-state index in [4.69, 9.17) is 0 Å². The van der Waals surface area contributed by atoms with E-state index < -0.39 is 6.10 Å². The van der Waals surface area contributed by atoms with E-state index in [0.29, 0.717) is 12.8 Å².